The number of hydrogen-bond acceptors (Lipinski definition) is 5. The zero-order chi connectivity index (χ0) is 19.7. The molecule has 2 fully saturated rings. The van der Waals surface area contributed by atoms with Crippen LogP contribution in [0.5, 0.6) is 5.75 Å². The number of rotatable bonds is 5. The molecule has 8 heteroatoms. The number of nitrogens with zero attached hydrogens (tertiary/aromatic N) is 3. The quantitative estimate of drug-likeness (QED) is 0.774. The lowest BCUT2D eigenvalue weighted by atomic mass is 9.78. The average Bonchev–Trinajstić information content (AvgIpc) is 3.27. The maximum absolute atomic E-state index is 13.1. The van der Waals surface area contributed by atoms with E-state index in [1.807, 2.05) is 22.7 Å². The number of thioether (sulfide) groups is 1. The van der Waals surface area contributed by atoms with Crippen LogP contribution in [0.3, 0.4) is 0 Å². The smallest absolute Gasteiger partial charge is 0.233 e. The van der Waals surface area contributed by atoms with Crippen molar-refractivity contribution in [1.82, 2.24) is 14.5 Å². The van der Waals surface area contributed by atoms with Crippen molar-refractivity contribution < 1.29 is 19.0 Å². The van der Waals surface area contributed by atoms with E-state index in [0.717, 1.165) is 5.16 Å². The SMILES string of the molecule is Cn1ccnc1SCC(=O)N1C[C@H]2C[C@@H](Oc3ccc(F)cc3)[C@H](O)C[C@H]2C1. The molecule has 0 spiro atoms. The molecule has 1 N–H and O–H groups in total. The van der Waals surface area contributed by atoms with Gasteiger partial charge in [-0.05, 0) is 48.9 Å². The minimum Gasteiger partial charge on any atom is -0.488 e. The number of carbonyl (C=O) groups excluding carboxylic acids is 1. The molecule has 1 saturated heterocycles. The van der Waals surface area contributed by atoms with E-state index in [1.54, 1.807) is 18.3 Å². The van der Waals surface area contributed by atoms with Crippen LogP contribution >= 0.6 is 11.8 Å². The predicted octanol–water partition coefficient (Wildman–Crippen LogP) is 2.33. The van der Waals surface area contributed by atoms with Crippen LogP contribution in [-0.4, -0.2) is 56.5 Å². The molecule has 0 bridgehead atoms. The zero-order valence-electron chi connectivity index (χ0n) is 15.7. The second-order valence-electron chi connectivity index (χ2n) is 7.58. The maximum Gasteiger partial charge on any atom is 0.233 e. The van der Waals surface area contributed by atoms with Crippen LogP contribution in [0.1, 0.15) is 12.8 Å². The van der Waals surface area contributed by atoms with E-state index in [2.05, 4.69) is 4.98 Å². The maximum atomic E-state index is 13.1. The Bertz CT molecular complexity index is 828. The first-order valence-electron chi connectivity index (χ1n) is 9.48. The van der Waals surface area contributed by atoms with Crippen molar-refractivity contribution in [3.8, 4) is 5.75 Å². The van der Waals surface area contributed by atoms with Gasteiger partial charge in [-0.1, -0.05) is 11.8 Å². The van der Waals surface area contributed by atoms with Crippen LogP contribution < -0.4 is 4.74 Å². The Hall–Kier alpha value is -2.06. The molecule has 1 aromatic carbocycles. The normalized spacial score (nSPS) is 26.9. The van der Waals surface area contributed by atoms with Crippen molar-refractivity contribution >= 4 is 17.7 Å². The van der Waals surface area contributed by atoms with Crippen LogP contribution in [0.4, 0.5) is 4.39 Å². The van der Waals surface area contributed by atoms with Crippen LogP contribution in [0.2, 0.25) is 0 Å². The van der Waals surface area contributed by atoms with Gasteiger partial charge in [0, 0.05) is 32.5 Å². The van der Waals surface area contributed by atoms with Gasteiger partial charge in [0.15, 0.2) is 5.16 Å². The predicted molar refractivity (Wildman–Crippen MR) is 104 cm³/mol. The van der Waals surface area contributed by atoms with E-state index >= 15 is 0 Å². The van der Waals surface area contributed by atoms with Crippen molar-refractivity contribution in [3.05, 3.63) is 42.5 Å². The molecule has 150 valence electrons. The highest BCUT2D eigenvalue weighted by atomic mass is 32.2. The second kappa shape index (κ2) is 8.13. The zero-order valence-corrected chi connectivity index (χ0v) is 16.5. The highest BCUT2D eigenvalue weighted by Gasteiger charge is 2.43. The molecular formula is C20H24FN3O3S. The third-order valence-electron chi connectivity index (χ3n) is 5.64. The number of aromatic nitrogens is 2. The fraction of sp³-hybridized carbons (Fsp3) is 0.500. The molecule has 4 rings (SSSR count). The molecule has 0 unspecified atom stereocenters. The number of amides is 1. The lowest BCUT2D eigenvalue weighted by molar-refractivity contribution is -0.127. The first-order valence-corrected chi connectivity index (χ1v) is 10.5. The van der Waals surface area contributed by atoms with Gasteiger partial charge in [0.25, 0.3) is 0 Å². The summed E-state index contributed by atoms with van der Waals surface area (Å²) in [6.07, 6.45) is 3.98. The van der Waals surface area contributed by atoms with Gasteiger partial charge in [-0.3, -0.25) is 4.79 Å². The molecule has 2 heterocycles. The van der Waals surface area contributed by atoms with Gasteiger partial charge in [0.2, 0.25) is 5.91 Å². The number of fused-ring (bicyclic) bond motifs is 1. The Kier molecular flexibility index (Phi) is 5.59. The third-order valence-corrected chi connectivity index (χ3v) is 6.68. The van der Waals surface area contributed by atoms with E-state index in [-0.39, 0.29) is 17.8 Å². The van der Waals surface area contributed by atoms with Gasteiger partial charge < -0.3 is 19.3 Å². The molecular weight excluding hydrogens is 381 g/mol. The van der Waals surface area contributed by atoms with Crippen LogP contribution in [-0.2, 0) is 11.8 Å². The Balaban J connectivity index is 1.32. The Morgan fingerprint density at radius 2 is 2.00 bits per heavy atom. The summed E-state index contributed by atoms with van der Waals surface area (Å²) >= 11 is 1.44. The Morgan fingerprint density at radius 3 is 2.68 bits per heavy atom. The lowest BCUT2D eigenvalue weighted by Gasteiger charge is -2.35. The number of aliphatic hydroxyl groups excluding tert-OH is 1. The van der Waals surface area contributed by atoms with Crippen LogP contribution in [0, 0.1) is 17.7 Å². The monoisotopic (exact) mass is 405 g/mol. The molecule has 28 heavy (non-hydrogen) atoms. The summed E-state index contributed by atoms with van der Waals surface area (Å²) < 4.78 is 20.9. The molecule has 6 nitrogen and oxygen atoms in total. The number of imidazole rings is 1. The number of benzene rings is 1. The van der Waals surface area contributed by atoms with Crippen LogP contribution in [0.15, 0.2) is 41.8 Å². The summed E-state index contributed by atoms with van der Waals surface area (Å²) in [4.78, 5) is 18.8. The summed E-state index contributed by atoms with van der Waals surface area (Å²) in [5, 5.41) is 11.3. The number of ether oxygens (including phenoxy) is 1. The van der Waals surface area contributed by atoms with Crippen LogP contribution in [0.25, 0.3) is 0 Å². The number of halogens is 1. The van der Waals surface area contributed by atoms with Crippen molar-refractivity contribution in [2.24, 2.45) is 18.9 Å². The number of hydrogen-bond donors (Lipinski definition) is 1. The topological polar surface area (TPSA) is 67.6 Å². The summed E-state index contributed by atoms with van der Waals surface area (Å²) in [6, 6.07) is 5.85. The molecule has 1 amide bonds. The fourth-order valence-corrected chi connectivity index (χ4v) is 4.95. The molecule has 1 aliphatic carbocycles. The Morgan fingerprint density at radius 1 is 1.29 bits per heavy atom. The largest absolute Gasteiger partial charge is 0.488 e. The lowest BCUT2D eigenvalue weighted by Crippen LogP contribution is -2.42. The van der Waals surface area contributed by atoms with Crippen molar-refractivity contribution in [1.29, 1.82) is 0 Å². The molecule has 1 saturated carbocycles. The number of aryl methyl sites for hydroxylation is 1. The summed E-state index contributed by atoms with van der Waals surface area (Å²) in [5.41, 5.74) is 0. The minimum atomic E-state index is -0.580. The number of likely N-dealkylation sites (tertiary alicyclic amines) is 1. The second-order valence-corrected chi connectivity index (χ2v) is 8.52. The van der Waals surface area contributed by atoms with E-state index in [9.17, 15) is 14.3 Å². The average molecular weight is 405 g/mol. The number of carbonyl (C=O) groups is 1. The van der Waals surface area contributed by atoms with Gasteiger partial charge in [-0.25, -0.2) is 9.37 Å². The van der Waals surface area contributed by atoms with E-state index < -0.39 is 6.10 Å². The first kappa shape index (κ1) is 19.3. The molecule has 0 radical (unpaired) electrons. The standard InChI is InChI=1S/C20H24FN3O3S/c1-23-7-6-22-20(23)28-12-19(26)24-10-13-8-17(25)18(9-14(13)11-24)27-16-4-2-15(21)3-5-16/h2-7,13-14,17-18,25H,8-12H2,1H3/t13-,14+,17+,18+/m0/s1. The molecule has 4 atom stereocenters. The highest BCUT2D eigenvalue weighted by Crippen LogP contribution is 2.38. The van der Waals surface area contributed by atoms with Crippen molar-refractivity contribution in [2.75, 3.05) is 18.8 Å². The van der Waals surface area contributed by atoms with Gasteiger partial charge in [-0.15, -0.1) is 0 Å². The highest BCUT2D eigenvalue weighted by molar-refractivity contribution is 7.99. The number of aliphatic hydroxyl groups is 1. The Labute approximate surface area is 167 Å². The minimum absolute atomic E-state index is 0.105. The first-order chi connectivity index (χ1) is 13.5. The molecule has 1 aliphatic heterocycles. The molecule has 2 aromatic rings. The fourth-order valence-electron chi connectivity index (χ4n) is 4.12. The van der Waals surface area contributed by atoms with Gasteiger partial charge in [0.05, 0.1) is 11.9 Å². The molecule has 2 aliphatic rings. The van der Waals surface area contributed by atoms with E-state index in [0.29, 0.717) is 49.3 Å². The summed E-state index contributed by atoms with van der Waals surface area (Å²) in [7, 11) is 1.91. The summed E-state index contributed by atoms with van der Waals surface area (Å²) in [6.45, 7) is 1.38. The van der Waals surface area contributed by atoms with Gasteiger partial charge in [0.1, 0.15) is 17.7 Å². The van der Waals surface area contributed by atoms with Crippen molar-refractivity contribution in [2.45, 2.75) is 30.2 Å². The third kappa shape index (κ3) is 4.17. The molecule has 1 aromatic heterocycles. The van der Waals surface area contributed by atoms with E-state index in [1.165, 1.54) is 23.9 Å². The van der Waals surface area contributed by atoms with E-state index in [4.69, 9.17) is 4.74 Å². The van der Waals surface area contributed by atoms with Crippen molar-refractivity contribution in [3.63, 3.8) is 0 Å². The summed E-state index contributed by atoms with van der Waals surface area (Å²) in [5.74, 6) is 1.32. The van der Waals surface area contributed by atoms with Gasteiger partial charge >= 0.3 is 0 Å². The van der Waals surface area contributed by atoms with Gasteiger partial charge in [-0.2, -0.15) is 0 Å².